The number of pyridine rings is 1. The number of nitrogens with zero attached hydrogens (tertiary/aromatic N) is 2. The zero-order chi connectivity index (χ0) is 21.5. The normalized spacial score (nSPS) is 16.7. The summed E-state index contributed by atoms with van der Waals surface area (Å²) in [4.78, 5) is 19.3. The summed E-state index contributed by atoms with van der Waals surface area (Å²) in [5, 5.41) is 0.511. The van der Waals surface area contributed by atoms with Crippen molar-refractivity contribution >= 4 is 29.2 Å². The molecule has 5 nitrogen and oxygen atoms in total. The minimum Gasteiger partial charge on any atom is -0.489 e. The first kappa shape index (κ1) is 21.1. The van der Waals surface area contributed by atoms with E-state index in [0.717, 1.165) is 11.1 Å². The van der Waals surface area contributed by atoms with Crippen LogP contribution in [0.2, 0.25) is 5.02 Å². The Balaban J connectivity index is 1.49. The summed E-state index contributed by atoms with van der Waals surface area (Å²) in [6, 6.07) is 21.3. The van der Waals surface area contributed by atoms with Gasteiger partial charge in [-0.2, -0.15) is 0 Å². The highest BCUT2D eigenvalue weighted by Crippen LogP contribution is 2.23. The van der Waals surface area contributed by atoms with Gasteiger partial charge >= 0.3 is 0 Å². The zero-order valence-electron chi connectivity index (χ0n) is 17.0. The van der Waals surface area contributed by atoms with Gasteiger partial charge in [0.15, 0.2) is 0 Å². The van der Waals surface area contributed by atoms with Crippen LogP contribution in [0, 0.1) is 0 Å². The third-order valence-corrected chi connectivity index (χ3v) is 5.17. The van der Waals surface area contributed by atoms with E-state index >= 15 is 0 Å². The molecule has 1 fully saturated rings. The van der Waals surface area contributed by atoms with Crippen molar-refractivity contribution in [1.29, 1.82) is 0 Å². The third-order valence-electron chi connectivity index (χ3n) is 4.97. The first-order valence-electron chi connectivity index (χ1n) is 10.2. The average molecular weight is 435 g/mol. The summed E-state index contributed by atoms with van der Waals surface area (Å²) in [6.07, 6.45) is 4.87. The molecule has 2 aromatic carbocycles. The Labute approximate surface area is 186 Å². The number of carbonyl (C=O) groups is 1. The van der Waals surface area contributed by atoms with Crippen LogP contribution in [0.3, 0.4) is 0 Å². The van der Waals surface area contributed by atoms with Crippen molar-refractivity contribution < 1.29 is 14.3 Å². The van der Waals surface area contributed by atoms with Crippen LogP contribution in [0.1, 0.15) is 11.1 Å². The van der Waals surface area contributed by atoms with Crippen LogP contribution in [0.4, 0.5) is 0 Å². The van der Waals surface area contributed by atoms with Gasteiger partial charge in [-0.15, -0.1) is 0 Å². The lowest BCUT2D eigenvalue weighted by atomic mass is 10.0. The van der Waals surface area contributed by atoms with Gasteiger partial charge < -0.3 is 14.4 Å². The van der Waals surface area contributed by atoms with E-state index in [2.05, 4.69) is 4.98 Å². The van der Waals surface area contributed by atoms with Crippen molar-refractivity contribution in [3.8, 4) is 5.75 Å². The van der Waals surface area contributed by atoms with E-state index < -0.39 is 0 Å². The second-order valence-corrected chi connectivity index (χ2v) is 7.66. The number of morpholine rings is 1. The van der Waals surface area contributed by atoms with E-state index in [9.17, 15) is 4.79 Å². The van der Waals surface area contributed by atoms with Crippen molar-refractivity contribution in [2.75, 3.05) is 26.3 Å². The molecule has 3 aromatic rings. The van der Waals surface area contributed by atoms with Crippen molar-refractivity contribution in [3.05, 3.63) is 95.3 Å². The van der Waals surface area contributed by atoms with Gasteiger partial charge in [-0.05, 0) is 17.2 Å². The number of ether oxygens (including phenoxy) is 2. The topological polar surface area (TPSA) is 51.7 Å². The second-order valence-electron chi connectivity index (χ2n) is 7.23. The number of aromatic nitrogens is 1. The Bertz CT molecular complexity index is 1040. The first-order valence-corrected chi connectivity index (χ1v) is 10.5. The van der Waals surface area contributed by atoms with Gasteiger partial charge in [0.25, 0.3) is 5.91 Å². The highest BCUT2D eigenvalue weighted by molar-refractivity contribution is 6.30. The van der Waals surface area contributed by atoms with E-state index in [0.29, 0.717) is 42.6 Å². The van der Waals surface area contributed by atoms with Gasteiger partial charge in [0.1, 0.15) is 18.5 Å². The summed E-state index contributed by atoms with van der Waals surface area (Å²) in [6.45, 7) is 1.76. The summed E-state index contributed by atoms with van der Waals surface area (Å²) >= 11 is 5.96. The number of hydrogen-bond acceptors (Lipinski definition) is 4. The number of rotatable bonds is 6. The molecule has 1 atom stereocenters. The van der Waals surface area contributed by atoms with E-state index in [4.69, 9.17) is 21.1 Å². The van der Waals surface area contributed by atoms with Gasteiger partial charge in [0.2, 0.25) is 0 Å². The summed E-state index contributed by atoms with van der Waals surface area (Å²) in [5.74, 6) is 0.557. The molecule has 4 rings (SSSR count). The maximum absolute atomic E-state index is 13.5. The third kappa shape index (κ3) is 5.72. The first-order chi connectivity index (χ1) is 15.2. The van der Waals surface area contributed by atoms with Crippen LogP contribution in [-0.4, -0.2) is 48.2 Å². The van der Waals surface area contributed by atoms with Crippen molar-refractivity contribution in [2.24, 2.45) is 0 Å². The van der Waals surface area contributed by atoms with Gasteiger partial charge in [-0.25, -0.2) is 0 Å². The maximum atomic E-state index is 13.5. The molecular formula is C25H23ClN2O3. The van der Waals surface area contributed by atoms with Crippen LogP contribution >= 0.6 is 11.6 Å². The molecule has 1 aliphatic heterocycles. The lowest BCUT2D eigenvalue weighted by molar-refractivity contribution is -0.133. The van der Waals surface area contributed by atoms with Crippen molar-refractivity contribution in [3.63, 3.8) is 0 Å². The molecule has 0 aliphatic carbocycles. The molecule has 0 bridgehead atoms. The predicted molar refractivity (Wildman–Crippen MR) is 122 cm³/mol. The van der Waals surface area contributed by atoms with E-state index in [1.54, 1.807) is 18.5 Å². The fourth-order valence-corrected chi connectivity index (χ4v) is 3.60. The highest BCUT2D eigenvalue weighted by atomic mass is 35.5. The molecule has 1 unspecified atom stereocenters. The average Bonchev–Trinajstić information content (AvgIpc) is 2.82. The van der Waals surface area contributed by atoms with Crippen LogP contribution in [-0.2, 0) is 9.53 Å². The fourth-order valence-electron chi connectivity index (χ4n) is 3.44. The minimum atomic E-state index is -0.231. The summed E-state index contributed by atoms with van der Waals surface area (Å²) in [7, 11) is 0. The largest absolute Gasteiger partial charge is 0.489 e. The molecule has 6 heteroatoms. The Morgan fingerprint density at radius 1 is 1.13 bits per heavy atom. The van der Waals surface area contributed by atoms with E-state index in [1.165, 1.54) is 0 Å². The molecule has 0 spiro atoms. The maximum Gasteiger partial charge on any atom is 0.254 e. The van der Waals surface area contributed by atoms with Gasteiger partial charge in [-0.1, -0.05) is 72.3 Å². The Morgan fingerprint density at radius 3 is 2.61 bits per heavy atom. The van der Waals surface area contributed by atoms with Gasteiger partial charge in [0, 0.05) is 24.4 Å². The van der Waals surface area contributed by atoms with E-state index in [-0.39, 0.29) is 12.0 Å². The molecule has 1 amide bonds. The molecule has 158 valence electrons. The number of halogens is 1. The molecule has 1 aromatic heterocycles. The van der Waals surface area contributed by atoms with Crippen LogP contribution in [0.15, 0.2) is 79.1 Å². The number of carbonyl (C=O) groups excluding carboxylic acids is 1. The van der Waals surface area contributed by atoms with Crippen molar-refractivity contribution in [1.82, 2.24) is 9.88 Å². The fraction of sp³-hybridized carbons (Fsp3) is 0.200. The number of benzene rings is 2. The molecule has 0 saturated carbocycles. The van der Waals surface area contributed by atoms with Crippen LogP contribution < -0.4 is 4.74 Å². The monoisotopic (exact) mass is 434 g/mol. The molecular weight excluding hydrogens is 412 g/mol. The number of amides is 1. The standard InChI is InChI=1S/C25H23ClN2O3/c26-21-14-22(16-27-15-21)31-18-23-17-28(11-12-30-23)25(29)24(20-9-5-2-6-10-20)13-19-7-3-1-4-8-19/h1-10,13-16,23H,11-12,17-18H2. The lowest BCUT2D eigenvalue weighted by Crippen LogP contribution is -2.47. The predicted octanol–water partition coefficient (Wildman–Crippen LogP) is 4.58. The SMILES string of the molecule is O=C(C(=Cc1ccccc1)c1ccccc1)N1CCOC(COc2cncc(Cl)c2)C1. The van der Waals surface area contributed by atoms with Crippen LogP contribution in [0.5, 0.6) is 5.75 Å². The summed E-state index contributed by atoms with van der Waals surface area (Å²) < 4.78 is 11.6. The molecule has 1 saturated heterocycles. The zero-order valence-corrected chi connectivity index (χ0v) is 17.7. The van der Waals surface area contributed by atoms with Crippen LogP contribution in [0.25, 0.3) is 11.6 Å². The minimum absolute atomic E-state index is 0.0206. The van der Waals surface area contributed by atoms with Gasteiger partial charge in [0.05, 0.1) is 24.4 Å². The van der Waals surface area contributed by atoms with E-state index in [1.807, 2.05) is 71.6 Å². The molecule has 0 radical (unpaired) electrons. The molecule has 0 N–H and O–H groups in total. The highest BCUT2D eigenvalue weighted by Gasteiger charge is 2.27. The number of hydrogen-bond donors (Lipinski definition) is 0. The summed E-state index contributed by atoms with van der Waals surface area (Å²) in [5.41, 5.74) is 2.53. The van der Waals surface area contributed by atoms with Gasteiger partial charge in [-0.3, -0.25) is 9.78 Å². The Morgan fingerprint density at radius 2 is 1.87 bits per heavy atom. The molecule has 1 aliphatic rings. The van der Waals surface area contributed by atoms with Crippen molar-refractivity contribution in [2.45, 2.75) is 6.10 Å². The molecule has 2 heterocycles. The second kappa shape index (κ2) is 10.2. The Hall–Kier alpha value is -3.15. The lowest BCUT2D eigenvalue weighted by Gasteiger charge is -2.33. The smallest absolute Gasteiger partial charge is 0.254 e. The quantitative estimate of drug-likeness (QED) is 0.421. The molecule has 31 heavy (non-hydrogen) atoms. The Kier molecular flexibility index (Phi) is 6.97.